The van der Waals surface area contributed by atoms with E-state index in [0.29, 0.717) is 24.7 Å². The monoisotopic (exact) mass is 529 g/mol. The maximum atomic E-state index is 13.4. The van der Waals surface area contributed by atoms with E-state index >= 15 is 0 Å². The number of allylic oxidation sites excluding steroid dienone is 1. The number of anilines is 3. The minimum absolute atomic E-state index is 0.0486. The molecule has 1 amide bonds. The summed E-state index contributed by atoms with van der Waals surface area (Å²) in [7, 11) is 3.74. The number of benzene rings is 1. The number of rotatable bonds is 9. The van der Waals surface area contributed by atoms with Gasteiger partial charge in [0.15, 0.2) is 0 Å². The Balaban J connectivity index is 1.36. The molecule has 39 heavy (non-hydrogen) atoms. The first-order valence-corrected chi connectivity index (χ1v) is 13.2. The third kappa shape index (κ3) is 5.99. The van der Waals surface area contributed by atoms with Crippen molar-refractivity contribution in [3.05, 3.63) is 76.9 Å². The summed E-state index contributed by atoms with van der Waals surface area (Å²) in [6.07, 6.45) is 6.29. The van der Waals surface area contributed by atoms with Crippen LogP contribution in [0.3, 0.4) is 0 Å². The van der Waals surface area contributed by atoms with Gasteiger partial charge in [-0.3, -0.25) is 14.7 Å². The third-order valence-electron chi connectivity index (χ3n) is 7.30. The number of hydrogen-bond acceptors (Lipinski definition) is 9. The van der Waals surface area contributed by atoms with Crippen molar-refractivity contribution in [3.63, 3.8) is 0 Å². The number of fused-ring (bicyclic) bond motifs is 1. The van der Waals surface area contributed by atoms with Gasteiger partial charge in [-0.1, -0.05) is 18.2 Å². The molecule has 0 radical (unpaired) electrons. The van der Waals surface area contributed by atoms with Crippen LogP contribution in [-0.2, 0) is 22.6 Å². The normalized spacial score (nSPS) is 16.5. The number of nitrogens with zero attached hydrogens (tertiary/aromatic N) is 5. The van der Waals surface area contributed by atoms with Crippen LogP contribution in [0.25, 0.3) is 5.57 Å². The van der Waals surface area contributed by atoms with Crippen LogP contribution in [0.1, 0.15) is 28.1 Å². The van der Waals surface area contributed by atoms with Crippen LogP contribution in [0.4, 0.5) is 17.3 Å². The summed E-state index contributed by atoms with van der Waals surface area (Å²) in [6, 6.07) is 9.23. The van der Waals surface area contributed by atoms with Crippen molar-refractivity contribution in [2.45, 2.75) is 26.0 Å². The number of carbonyl (C=O) groups is 1. The fourth-order valence-corrected chi connectivity index (χ4v) is 5.12. The molecular weight excluding hydrogens is 494 g/mol. The predicted molar refractivity (Wildman–Crippen MR) is 151 cm³/mol. The van der Waals surface area contributed by atoms with Crippen molar-refractivity contribution < 1.29 is 14.6 Å². The Kier molecular flexibility index (Phi) is 8.27. The number of amides is 1. The summed E-state index contributed by atoms with van der Waals surface area (Å²) in [4.78, 5) is 31.3. The van der Waals surface area contributed by atoms with E-state index in [4.69, 9.17) is 9.72 Å². The van der Waals surface area contributed by atoms with Gasteiger partial charge in [0, 0.05) is 62.6 Å². The van der Waals surface area contributed by atoms with Crippen LogP contribution in [0, 0.1) is 6.92 Å². The molecule has 2 aliphatic rings. The first-order chi connectivity index (χ1) is 19.0. The van der Waals surface area contributed by atoms with Crippen molar-refractivity contribution in [3.8, 4) is 0 Å². The predicted octanol–water partition coefficient (Wildman–Crippen LogP) is 2.60. The van der Waals surface area contributed by atoms with Crippen LogP contribution in [0.5, 0.6) is 0 Å². The molecule has 1 saturated heterocycles. The van der Waals surface area contributed by atoms with E-state index in [1.807, 2.05) is 19.1 Å². The first-order valence-electron chi connectivity index (χ1n) is 13.2. The second-order valence-electron chi connectivity index (χ2n) is 10.00. The lowest BCUT2D eigenvalue weighted by Gasteiger charge is -2.36. The number of piperazine rings is 1. The molecule has 3 N–H and O–H groups in total. The van der Waals surface area contributed by atoms with E-state index in [2.05, 4.69) is 49.6 Å². The van der Waals surface area contributed by atoms with Gasteiger partial charge in [0.1, 0.15) is 6.04 Å². The molecule has 0 spiro atoms. The van der Waals surface area contributed by atoms with Crippen LogP contribution in [0.2, 0.25) is 0 Å². The van der Waals surface area contributed by atoms with Gasteiger partial charge in [-0.15, -0.1) is 0 Å². The number of carbonyl (C=O) groups excluding carboxylic acids is 1. The maximum Gasteiger partial charge on any atom is 0.244 e. The van der Waals surface area contributed by atoms with Crippen molar-refractivity contribution in [1.82, 2.24) is 24.8 Å². The lowest BCUT2D eigenvalue weighted by Crippen LogP contribution is -2.54. The fraction of sp³-hybridized carbons (Fsp3) is 0.379. The van der Waals surface area contributed by atoms with E-state index < -0.39 is 0 Å². The van der Waals surface area contributed by atoms with E-state index in [9.17, 15) is 9.90 Å². The molecule has 204 valence electrons. The zero-order valence-corrected chi connectivity index (χ0v) is 22.6. The molecule has 0 saturated carbocycles. The van der Waals surface area contributed by atoms with Crippen LogP contribution >= 0.6 is 0 Å². The molecule has 10 heteroatoms. The summed E-state index contributed by atoms with van der Waals surface area (Å²) in [5.74, 6) is 0.409. The Labute approximate surface area is 228 Å². The molecule has 3 heterocycles. The number of pyridine rings is 1. The molecule has 1 aliphatic carbocycles. The molecule has 1 aromatic carbocycles. The minimum Gasteiger partial charge on any atom is -0.390 e. The van der Waals surface area contributed by atoms with Gasteiger partial charge in [-0.05, 0) is 55.3 Å². The highest BCUT2D eigenvalue weighted by Crippen LogP contribution is 2.37. The average molecular weight is 530 g/mol. The van der Waals surface area contributed by atoms with E-state index in [0.717, 1.165) is 65.5 Å². The van der Waals surface area contributed by atoms with Gasteiger partial charge in [0.05, 0.1) is 24.6 Å². The number of likely N-dealkylation sites (N-methyl/N-ethyl adjacent to an activating group) is 1. The molecule has 10 nitrogen and oxygen atoms in total. The van der Waals surface area contributed by atoms with Crippen molar-refractivity contribution in [2.24, 2.45) is 0 Å². The number of hydrogen-bond donors (Lipinski definition) is 3. The smallest absolute Gasteiger partial charge is 0.244 e. The number of aliphatic hydroxyl groups is 1. The summed E-state index contributed by atoms with van der Waals surface area (Å²) in [5, 5.41) is 15.8. The van der Waals surface area contributed by atoms with Crippen LogP contribution < -0.4 is 10.6 Å². The van der Waals surface area contributed by atoms with E-state index in [-0.39, 0.29) is 18.6 Å². The summed E-state index contributed by atoms with van der Waals surface area (Å²) in [6.45, 7) is 5.73. The maximum absolute atomic E-state index is 13.4. The molecule has 0 bridgehead atoms. The van der Waals surface area contributed by atoms with Crippen molar-refractivity contribution >= 4 is 28.8 Å². The fourth-order valence-electron chi connectivity index (χ4n) is 5.12. The van der Waals surface area contributed by atoms with Gasteiger partial charge >= 0.3 is 0 Å². The van der Waals surface area contributed by atoms with Gasteiger partial charge in [0.25, 0.3) is 0 Å². The number of aromatic nitrogens is 3. The van der Waals surface area contributed by atoms with E-state index in [1.54, 1.807) is 31.6 Å². The lowest BCUT2D eigenvalue weighted by atomic mass is 9.99. The quantitative estimate of drug-likeness (QED) is 0.385. The zero-order valence-electron chi connectivity index (χ0n) is 22.6. The van der Waals surface area contributed by atoms with Crippen LogP contribution in [0.15, 0.2) is 48.8 Å². The average Bonchev–Trinajstić information content (AvgIpc) is 3.38. The Morgan fingerprint density at radius 2 is 2.00 bits per heavy atom. The Morgan fingerprint density at radius 3 is 2.77 bits per heavy atom. The molecule has 1 fully saturated rings. The summed E-state index contributed by atoms with van der Waals surface area (Å²) in [5.41, 5.74) is 7.06. The molecule has 1 atom stereocenters. The zero-order chi connectivity index (χ0) is 27.4. The lowest BCUT2D eigenvalue weighted by molar-refractivity contribution is -0.124. The van der Waals surface area contributed by atoms with Crippen molar-refractivity contribution in [1.29, 1.82) is 0 Å². The number of ether oxygens (including phenoxy) is 1. The van der Waals surface area contributed by atoms with E-state index in [1.165, 1.54) is 0 Å². The standard InChI is InChI=1S/C29H35N7O3/c1-19-16-31-29(32-20-9-10-30-21(15-20)17-37)34-27(19)24-8-7-23-22(24)5-4-6-25(23)33-28(38)26(18-39-3)36-13-11-35(2)12-14-36/h4-6,8-10,15-16,26,37H,7,11-14,17-18H2,1-3H3,(H,33,38)(H,30,31,32,34)/t26-/m1/s1. The second kappa shape index (κ2) is 12.0. The Hall–Kier alpha value is -3.70. The molecule has 0 unspecified atom stereocenters. The second-order valence-corrected chi connectivity index (χ2v) is 10.00. The molecular formula is C29H35N7O3. The number of aliphatic hydroxyl groups excluding tert-OH is 1. The molecule has 2 aromatic heterocycles. The minimum atomic E-state index is -0.342. The molecule has 1 aliphatic heterocycles. The molecule has 5 rings (SSSR count). The largest absolute Gasteiger partial charge is 0.390 e. The van der Waals surface area contributed by atoms with Crippen LogP contribution in [-0.4, -0.2) is 88.8 Å². The topological polar surface area (TPSA) is 116 Å². The van der Waals surface area contributed by atoms with Gasteiger partial charge in [0.2, 0.25) is 11.9 Å². The summed E-state index contributed by atoms with van der Waals surface area (Å²) < 4.78 is 5.43. The highest BCUT2D eigenvalue weighted by molar-refractivity contribution is 5.97. The number of methoxy groups -OCH3 is 1. The van der Waals surface area contributed by atoms with Gasteiger partial charge in [-0.25, -0.2) is 9.97 Å². The van der Waals surface area contributed by atoms with Crippen molar-refractivity contribution in [2.75, 3.05) is 57.6 Å². The summed E-state index contributed by atoms with van der Waals surface area (Å²) >= 11 is 0. The SMILES string of the molecule is COC[C@H](C(=O)Nc1cccc2c1CC=C2c1nc(Nc2ccnc(CO)c2)ncc1C)N1CCN(C)CC1. The number of aryl methyl sites for hydroxylation is 1. The number of nitrogens with one attached hydrogen (secondary N) is 2. The Morgan fingerprint density at radius 1 is 1.18 bits per heavy atom. The van der Waals surface area contributed by atoms with Gasteiger partial charge in [-0.2, -0.15) is 0 Å². The highest BCUT2D eigenvalue weighted by Gasteiger charge is 2.30. The first kappa shape index (κ1) is 26.9. The molecule has 3 aromatic rings. The Bertz CT molecular complexity index is 1370. The highest BCUT2D eigenvalue weighted by atomic mass is 16.5. The van der Waals surface area contributed by atoms with Gasteiger partial charge < -0.3 is 25.4 Å². The third-order valence-corrected chi connectivity index (χ3v) is 7.30.